The van der Waals surface area contributed by atoms with Crippen molar-refractivity contribution in [3.8, 4) is 0 Å². The molecule has 288 valence electrons. The third-order valence-corrected chi connectivity index (χ3v) is 12.0. The molecular formula is C39H47N4O9S2+. The minimum Gasteiger partial charge on any atom is -0.349 e. The van der Waals surface area contributed by atoms with Gasteiger partial charge in [-0.15, -0.1) is 0 Å². The number of carbonyl (C=O) groups excluding carboxylic acids is 3. The highest BCUT2D eigenvalue weighted by molar-refractivity contribution is 7.86. The summed E-state index contributed by atoms with van der Waals surface area (Å²) >= 11 is 0. The number of unbranched alkanes of at least 4 members (excludes halogenated alkanes) is 2. The standard InChI is InChI=1S/C39H46N4O9S2/c1-7-42-31-19-17-26(53(47,48)49)22-29(31)38(3,4)33(42)14-10-8-11-15-34-39(5,6)30-23-27(54(50,51)52)18-20-32(30)43(34)21-13-9-12-16-35(44)40-25(2)28-24-36(45)41-37(28)46/h8,10-11,14-15,17-20,22-25H,7,9,12-13,16,21H2,1-6H3,(H3-,40,41,44,45,46,47,48,49,50,51,52)/p+1. The van der Waals surface area contributed by atoms with E-state index in [2.05, 4.69) is 20.1 Å². The van der Waals surface area contributed by atoms with Gasteiger partial charge in [-0.3, -0.25) is 28.8 Å². The van der Waals surface area contributed by atoms with E-state index in [4.69, 9.17) is 0 Å². The zero-order chi connectivity index (χ0) is 39.8. The number of allylic oxidation sites excluding steroid dienone is 6. The summed E-state index contributed by atoms with van der Waals surface area (Å²) in [5.74, 6) is -1.24. The molecule has 3 amide bonds. The first-order chi connectivity index (χ1) is 25.2. The Morgan fingerprint density at radius 3 is 2.17 bits per heavy atom. The van der Waals surface area contributed by atoms with Crippen LogP contribution < -0.4 is 15.5 Å². The Morgan fingerprint density at radius 2 is 1.56 bits per heavy atom. The van der Waals surface area contributed by atoms with Crippen LogP contribution in [0.1, 0.15) is 78.4 Å². The van der Waals surface area contributed by atoms with Gasteiger partial charge in [0, 0.05) is 65.5 Å². The fraction of sp³-hybridized carbons (Fsp3) is 0.385. The SMILES string of the molecule is CCN1C(=CC=CC=CC2=[N+](CCCCCC(=O)NC(C)C3=CC(=O)NC3=O)c3ccc(S(=O)(=O)O)cc3C2(C)C)C(C)(C)c2cc(S(=O)(=O)O)ccc21. The fourth-order valence-electron chi connectivity index (χ4n) is 7.44. The summed E-state index contributed by atoms with van der Waals surface area (Å²) in [6, 6.07) is 8.62. The number of fused-ring (bicyclic) bond motifs is 2. The van der Waals surface area contributed by atoms with Crippen LogP contribution in [0.2, 0.25) is 0 Å². The molecule has 4 N–H and O–H groups in total. The van der Waals surface area contributed by atoms with Gasteiger partial charge in [0.15, 0.2) is 5.71 Å². The van der Waals surface area contributed by atoms with E-state index >= 15 is 0 Å². The highest BCUT2D eigenvalue weighted by atomic mass is 32.2. The molecular weight excluding hydrogens is 733 g/mol. The summed E-state index contributed by atoms with van der Waals surface area (Å²) in [6.45, 7) is 12.9. The maximum atomic E-state index is 12.6. The van der Waals surface area contributed by atoms with Gasteiger partial charge in [-0.05, 0) is 82.5 Å². The smallest absolute Gasteiger partial charge is 0.294 e. The van der Waals surface area contributed by atoms with Crippen LogP contribution in [-0.4, -0.2) is 73.1 Å². The van der Waals surface area contributed by atoms with Crippen LogP contribution in [-0.2, 0) is 45.4 Å². The molecule has 0 saturated carbocycles. The molecule has 3 heterocycles. The molecule has 2 aromatic carbocycles. The van der Waals surface area contributed by atoms with Gasteiger partial charge in [-0.1, -0.05) is 32.1 Å². The van der Waals surface area contributed by atoms with E-state index in [0.717, 1.165) is 33.9 Å². The van der Waals surface area contributed by atoms with Crippen LogP contribution in [0.3, 0.4) is 0 Å². The molecule has 1 atom stereocenters. The third-order valence-electron chi connectivity index (χ3n) is 10.3. The molecule has 0 spiro atoms. The molecule has 0 aromatic heterocycles. The highest BCUT2D eigenvalue weighted by Gasteiger charge is 2.45. The molecule has 0 radical (unpaired) electrons. The lowest BCUT2D eigenvalue weighted by molar-refractivity contribution is -0.438. The molecule has 2 aromatic rings. The van der Waals surface area contributed by atoms with E-state index in [1.54, 1.807) is 19.1 Å². The molecule has 1 unspecified atom stereocenters. The predicted molar refractivity (Wildman–Crippen MR) is 205 cm³/mol. The lowest BCUT2D eigenvalue weighted by Gasteiger charge is -2.25. The van der Waals surface area contributed by atoms with Crippen molar-refractivity contribution >= 4 is 55.0 Å². The van der Waals surface area contributed by atoms with E-state index in [1.165, 1.54) is 30.3 Å². The van der Waals surface area contributed by atoms with Crippen molar-refractivity contribution < 1.29 is 44.9 Å². The topological polar surface area (TPSA) is 190 Å². The van der Waals surface area contributed by atoms with Gasteiger partial charge in [0.25, 0.3) is 32.1 Å². The average molecular weight is 780 g/mol. The Labute approximate surface area is 316 Å². The lowest BCUT2D eigenvalue weighted by atomic mass is 9.81. The number of hydrogen-bond acceptors (Lipinski definition) is 8. The van der Waals surface area contributed by atoms with E-state index in [9.17, 15) is 40.3 Å². The summed E-state index contributed by atoms with van der Waals surface area (Å²) < 4.78 is 69.4. The predicted octanol–water partition coefficient (Wildman–Crippen LogP) is 5.02. The number of anilines is 1. The van der Waals surface area contributed by atoms with Crippen molar-refractivity contribution in [3.05, 3.63) is 95.3 Å². The van der Waals surface area contributed by atoms with Gasteiger partial charge in [0.1, 0.15) is 6.54 Å². The Hall–Kier alpha value is -4.70. The van der Waals surface area contributed by atoms with Gasteiger partial charge in [-0.2, -0.15) is 21.4 Å². The van der Waals surface area contributed by atoms with Gasteiger partial charge in [0.05, 0.1) is 21.2 Å². The second-order valence-corrected chi connectivity index (χ2v) is 17.5. The van der Waals surface area contributed by atoms with Gasteiger partial charge >= 0.3 is 0 Å². The van der Waals surface area contributed by atoms with Crippen LogP contribution in [0.5, 0.6) is 0 Å². The minimum absolute atomic E-state index is 0.153. The molecule has 0 aliphatic carbocycles. The molecule has 13 nitrogen and oxygen atoms in total. The van der Waals surface area contributed by atoms with E-state index in [1.807, 2.05) is 65.0 Å². The zero-order valence-electron chi connectivity index (χ0n) is 31.2. The zero-order valence-corrected chi connectivity index (χ0v) is 32.8. The number of benzene rings is 2. The van der Waals surface area contributed by atoms with Crippen molar-refractivity contribution in [3.63, 3.8) is 0 Å². The van der Waals surface area contributed by atoms with Crippen LogP contribution >= 0.6 is 0 Å². The Kier molecular flexibility index (Phi) is 11.4. The molecule has 3 aliphatic heterocycles. The second kappa shape index (κ2) is 15.2. The number of nitrogens with one attached hydrogen (secondary N) is 2. The van der Waals surface area contributed by atoms with Crippen LogP contribution in [0.15, 0.2) is 93.9 Å². The summed E-state index contributed by atoms with van der Waals surface area (Å²) in [7, 11) is -8.79. The van der Waals surface area contributed by atoms with E-state index < -0.39 is 48.9 Å². The van der Waals surface area contributed by atoms with Crippen molar-refractivity contribution in [1.82, 2.24) is 10.6 Å². The first-order valence-corrected chi connectivity index (χ1v) is 20.6. The molecule has 0 fully saturated rings. The van der Waals surface area contributed by atoms with Gasteiger partial charge in [-0.25, -0.2) is 0 Å². The number of hydrogen-bond donors (Lipinski definition) is 4. The maximum Gasteiger partial charge on any atom is 0.294 e. The molecule has 0 saturated heterocycles. The van der Waals surface area contributed by atoms with Crippen molar-refractivity contribution in [1.29, 1.82) is 0 Å². The monoisotopic (exact) mass is 779 g/mol. The Morgan fingerprint density at radius 1 is 0.907 bits per heavy atom. The largest absolute Gasteiger partial charge is 0.349 e. The maximum absolute atomic E-state index is 12.6. The van der Waals surface area contributed by atoms with E-state index in [0.29, 0.717) is 32.4 Å². The second-order valence-electron chi connectivity index (χ2n) is 14.7. The molecule has 5 rings (SSSR count). The lowest BCUT2D eigenvalue weighted by Crippen LogP contribution is -2.37. The third kappa shape index (κ3) is 8.19. The number of amides is 3. The van der Waals surface area contributed by atoms with Crippen molar-refractivity contribution in [2.75, 3.05) is 18.0 Å². The molecule has 54 heavy (non-hydrogen) atoms. The normalized spacial score (nSPS) is 19.1. The highest BCUT2D eigenvalue weighted by Crippen LogP contribution is 2.48. The first kappa shape index (κ1) is 40.5. The fourth-order valence-corrected chi connectivity index (χ4v) is 8.46. The quantitative estimate of drug-likeness (QED) is 0.0666. The summed E-state index contributed by atoms with van der Waals surface area (Å²) in [4.78, 5) is 37.7. The number of rotatable bonds is 14. The number of nitrogens with zero attached hydrogens (tertiary/aromatic N) is 2. The van der Waals surface area contributed by atoms with Gasteiger partial charge < -0.3 is 10.2 Å². The van der Waals surface area contributed by atoms with Crippen LogP contribution in [0.4, 0.5) is 11.4 Å². The summed E-state index contributed by atoms with van der Waals surface area (Å²) in [5.41, 5.74) is 4.13. The van der Waals surface area contributed by atoms with Crippen molar-refractivity contribution in [2.24, 2.45) is 0 Å². The first-order valence-electron chi connectivity index (χ1n) is 17.8. The molecule has 15 heteroatoms. The van der Waals surface area contributed by atoms with Crippen molar-refractivity contribution in [2.45, 2.75) is 93.9 Å². The minimum atomic E-state index is -4.43. The molecule has 0 bridgehead atoms. The number of carbonyl (C=O) groups is 3. The summed E-state index contributed by atoms with van der Waals surface area (Å²) in [6.07, 6.45) is 13.1. The summed E-state index contributed by atoms with van der Waals surface area (Å²) in [5, 5.41) is 4.94. The van der Waals surface area contributed by atoms with Crippen LogP contribution in [0.25, 0.3) is 0 Å². The van der Waals surface area contributed by atoms with Crippen LogP contribution in [0, 0.1) is 0 Å². The van der Waals surface area contributed by atoms with Gasteiger partial charge in [0.2, 0.25) is 11.6 Å². The number of likely N-dealkylation sites (N-methyl/N-ethyl adjacent to an activating group) is 1. The average Bonchev–Trinajstić information content (AvgIpc) is 3.61. The Bertz CT molecular complexity index is 2280. The number of imide groups is 1. The van der Waals surface area contributed by atoms with E-state index in [-0.39, 0.29) is 27.7 Å². The molecule has 3 aliphatic rings. The Balaban J connectivity index is 1.33.